The Labute approximate surface area is 118 Å². The molecule has 2 aliphatic heterocycles. The van der Waals surface area contributed by atoms with Gasteiger partial charge in [0, 0.05) is 25.2 Å². The summed E-state index contributed by atoms with van der Waals surface area (Å²) in [6.45, 7) is 0. The normalized spacial score (nSPS) is 28.2. The number of methoxy groups -OCH3 is 1. The summed E-state index contributed by atoms with van der Waals surface area (Å²) < 4.78 is 4.69. The van der Waals surface area contributed by atoms with E-state index < -0.39 is 5.97 Å². The molecule has 3 heterocycles. The van der Waals surface area contributed by atoms with Crippen LogP contribution in [0.15, 0.2) is 12.4 Å². The lowest BCUT2D eigenvalue weighted by molar-refractivity contribution is 0.0593. The zero-order valence-electron chi connectivity index (χ0n) is 11.9. The number of ether oxygens (including phenoxy) is 1. The number of rotatable bonds is 3. The first-order chi connectivity index (χ1) is 9.67. The predicted molar refractivity (Wildman–Crippen MR) is 74.7 cm³/mol. The minimum Gasteiger partial charge on any atom is -0.464 e. The van der Waals surface area contributed by atoms with Gasteiger partial charge in [-0.25, -0.2) is 9.78 Å². The van der Waals surface area contributed by atoms with Crippen LogP contribution in [0, 0.1) is 0 Å². The average molecular weight is 276 g/mol. The number of carbonyl (C=O) groups excluding carboxylic acids is 1. The summed E-state index contributed by atoms with van der Waals surface area (Å²) in [4.78, 5) is 22.1. The van der Waals surface area contributed by atoms with Crippen molar-refractivity contribution < 1.29 is 9.53 Å². The highest BCUT2D eigenvalue weighted by atomic mass is 16.5. The number of esters is 1. The third-order valence-electron chi connectivity index (χ3n) is 4.37. The van der Waals surface area contributed by atoms with Crippen LogP contribution in [0.2, 0.25) is 0 Å². The molecule has 0 radical (unpaired) electrons. The number of nitrogens with one attached hydrogen (secondary N) is 1. The first-order valence-corrected chi connectivity index (χ1v) is 7.06. The molecule has 6 heteroatoms. The molecule has 2 fully saturated rings. The first kappa shape index (κ1) is 13.3. The maximum atomic E-state index is 11.5. The van der Waals surface area contributed by atoms with Gasteiger partial charge in [0.05, 0.1) is 19.5 Å². The molecule has 2 saturated heterocycles. The summed E-state index contributed by atoms with van der Waals surface area (Å²) in [6, 6.07) is 1.70. The molecule has 2 aliphatic rings. The summed E-state index contributed by atoms with van der Waals surface area (Å²) in [5.74, 6) is 0.289. The zero-order valence-corrected chi connectivity index (χ0v) is 11.9. The Kier molecular flexibility index (Phi) is 3.56. The molecule has 3 rings (SSSR count). The van der Waals surface area contributed by atoms with Crippen LogP contribution in [-0.2, 0) is 4.74 Å². The summed E-state index contributed by atoms with van der Waals surface area (Å²) in [6.07, 6.45) is 7.92. The van der Waals surface area contributed by atoms with E-state index in [1.165, 1.54) is 26.1 Å². The monoisotopic (exact) mass is 276 g/mol. The van der Waals surface area contributed by atoms with Gasteiger partial charge in [-0.05, 0) is 25.7 Å². The van der Waals surface area contributed by atoms with Gasteiger partial charge in [-0.2, -0.15) is 0 Å². The molecule has 0 aromatic carbocycles. The van der Waals surface area contributed by atoms with E-state index in [2.05, 4.69) is 20.2 Å². The van der Waals surface area contributed by atoms with E-state index in [0.717, 1.165) is 18.7 Å². The van der Waals surface area contributed by atoms with E-state index in [1.807, 2.05) is 7.05 Å². The lowest BCUT2D eigenvalue weighted by Crippen LogP contribution is -2.47. The summed E-state index contributed by atoms with van der Waals surface area (Å²) in [5.41, 5.74) is 0.258. The van der Waals surface area contributed by atoms with Crippen LogP contribution in [-0.4, -0.2) is 48.2 Å². The lowest BCUT2D eigenvalue weighted by Gasteiger charge is -2.36. The standard InChI is InChI=1S/C14H20N4O2/c1-18(11-5-9-3-4-10(6-11)16-9)13-8-15-7-12(17-13)14(19)20-2/h7-11,16H,3-6H2,1-2H3. The van der Waals surface area contributed by atoms with Crippen molar-refractivity contribution in [1.29, 1.82) is 0 Å². The molecular weight excluding hydrogens is 256 g/mol. The van der Waals surface area contributed by atoms with E-state index >= 15 is 0 Å². The van der Waals surface area contributed by atoms with Gasteiger partial charge in [0.15, 0.2) is 5.69 Å². The average Bonchev–Trinajstić information content (AvgIpc) is 2.84. The van der Waals surface area contributed by atoms with Gasteiger partial charge in [-0.1, -0.05) is 0 Å². The van der Waals surface area contributed by atoms with E-state index in [4.69, 9.17) is 4.74 Å². The fourth-order valence-electron chi connectivity index (χ4n) is 3.26. The minimum absolute atomic E-state index is 0.258. The third kappa shape index (κ3) is 2.47. The van der Waals surface area contributed by atoms with Crippen LogP contribution in [0.5, 0.6) is 0 Å². The van der Waals surface area contributed by atoms with Crippen molar-refractivity contribution in [2.75, 3.05) is 19.1 Å². The molecule has 1 aromatic rings. The molecule has 108 valence electrons. The maximum absolute atomic E-state index is 11.5. The Morgan fingerprint density at radius 3 is 2.70 bits per heavy atom. The molecule has 20 heavy (non-hydrogen) atoms. The second-order valence-electron chi connectivity index (χ2n) is 5.63. The van der Waals surface area contributed by atoms with Gasteiger partial charge in [0.2, 0.25) is 0 Å². The number of fused-ring (bicyclic) bond motifs is 2. The smallest absolute Gasteiger partial charge is 0.358 e. The Hall–Kier alpha value is -1.69. The minimum atomic E-state index is -0.446. The molecule has 0 amide bonds. The quantitative estimate of drug-likeness (QED) is 0.830. The van der Waals surface area contributed by atoms with Crippen molar-refractivity contribution >= 4 is 11.8 Å². The number of aromatic nitrogens is 2. The van der Waals surface area contributed by atoms with E-state index in [-0.39, 0.29) is 5.69 Å². The van der Waals surface area contributed by atoms with Crippen LogP contribution < -0.4 is 10.2 Å². The fraction of sp³-hybridized carbons (Fsp3) is 0.643. The van der Waals surface area contributed by atoms with Crippen LogP contribution in [0.1, 0.15) is 36.2 Å². The zero-order chi connectivity index (χ0) is 14.1. The van der Waals surface area contributed by atoms with Crippen LogP contribution in [0.25, 0.3) is 0 Å². The van der Waals surface area contributed by atoms with Crippen LogP contribution in [0.4, 0.5) is 5.82 Å². The largest absolute Gasteiger partial charge is 0.464 e. The topological polar surface area (TPSA) is 67.3 Å². The maximum Gasteiger partial charge on any atom is 0.358 e. The first-order valence-electron chi connectivity index (χ1n) is 7.06. The molecule has 6 nitrogen and oxygen atoms in total. The molecule has 0 aliphatic carbocycles. The van der Waals surface area contributed by atoms with Crippen molar-refractivity contribution in [1.82, 2.24) is 15.3 Å². The fourth-order valence-corrected chi connectivity index (χ4v) is 3.26. The van der Waals surface area contributed by atoms with Gasteiger partial charge >= 0.3 is 5.97 Å². The Morgan fingerprint density at radius 1 is 1.35 bits per heavy atom. The molecule has 1 aromatic heterocycles. The van der Waals surface area contributed by atoms with Crippen LogP contribution >= 0.6 is 0 Å². The van der Waals surface area contributed by atoms with Gasteiger partial charge in [-0.15, -0.1) is 0 Å². The summed E-state index contributed by atoms with van der Waals surface area (Å²) in [7, 11) is 3.38. The highest BCUT2D eigenvalue weighted by Crippen LogP contribution is 2.30. The molecular formula is C14H20N4O2. The highest BCUT2D eigenvalue weighted by molar-refractivity contribution is 5.87. The predicted octanol–water partition coefficient (Wildman–Crippen LogP) is 0.982. The van der Waals surface area contributed by atoms with Crippen molar-refractivity contribution in [3.63, 3.8) is 0 Å². The number of anilines is 1. The molecule has 1 N–H and O–H groups in total. The van der Waals surface area contributed by atoms with Crippen molar-refractivity contribution in [2.45, 2.75) is 43.8 Å². The summed E-state index contributed by atoms with van der Waals surface area (Å²) >= 11 is 0. The van der Waals surface area contributed by atoms with Crippen LogP contribution in [0.3, 0.4) is 0 Å². The SMILES string of the molecule is COC(=O)c1cncc(N(C)C2CC3CCC(C2)N3)n1. The van der Waals surface area contributed by atoms with Crippen molar-refractivity contribution in [3.05, 3.63) is 18.1 Å². The summed E-state index contributed by atoms with van der Waals surface area (Å²) in [5, 5.41) is 3.63. The van der Waals surface area contributed by atoms with E-state index in [9.17, 15) is 4.79 Å². The Bertz CT molecular complexity index is 496. The lowest BCUT2D eigenvalue weighted by atomic mass is 9.99. The molecule has 0 spiro atoms. The molecule has 2 atom stereocenters. The van der Waals surface area contributed by atoms with Gasteiger partial charge in [0.25, 0.3) is 0 Å². The Balaban J connectivity index is 1.76. The number of piperidine rings is 1. The van der Waals surface area contributed by atoms with Gasteiger partial charge in [-0.3, -0.25) is 4.98 Å². The van der Waals surface area contributed by atoms with Gasteiger partial charge < -0.3 is 15.0 Å². The number of hydrogen-bond donors (Lipinski definition) is 1. The number of carbonyl (C=O) groups is 1. The van der Waals surface area contributed by atoms with E-state index in [1.54, 1.807) is 6.20 Å². The van der Waals surface area contributed by atoms with Crippen molar-refractivity contribution in [3.8, 4) is 0 Å². The van der Waals surface area contributed by atoms with Gasteiger partial charge in [0.1, 0.15) is 5.82 Å². The van der Waals surface area contributed by atoms with Crippen molar-refractivity contribution in [2.24, 2.45) is 0 Å². The Morgan fingerprint density at radius 2 is 2.05 bits per heavy atom. The third-order valence-corrected chi connectivity index (χ3v) is 4.37. The molecule has 2 bridgehead atoms. The molecule has 2 unspecified atom stereocenters. The van der Waals surface area contributed by atoms with E-state index in [0.29, 0.717) is 18.1 Å². The second kappa shape index (κ2) is 5.36. The molecule has 0 saturated carbocycles. The number of hydrogen-bond acceptors (Lipinski definition) is 6. The number of nitrogens with zero attached hydrogens (tertiary/aromatic N) is 3. The second-order valence-corrected chi connectivity index (χ2v) is 5.63. The highest BCUT2D eigenvalue weighted by Gasteiger charge is 2.35.